The molecule has 0 aromatic heterocycles. The lowest BCUT2D eigenvalue weighted by Gasteiger charge is -2.07. The van der Waals surface area contributed by atoms with Gasteiger partial charge in [0.1, 0.15) is 5.75 Å². The quantitative estimate of drug-likeness (QED) is 0.862. The van der Waals surface area contributed by atoms with Crippen molar-refractivity contribution in [2.45, 2.75) is 12.3 Å². The van der Waals surface area contributed by atoms with Gasteiger partial charge in [0.25, 0.3) is 0 Å². The maximum atomic E-state index is 11.7. The Morgan fingerprint density at radius 3 is 3.00 bits per heavy atom. The SMILES string of the molecule is O=C(O)CCS(=O)CC1COc2ccccc21. The van der Waals surface area contributed by atoms with E-state index in [0.29, 0.717) is 12.4 Å². The monoisotopic (exact) mass is 254 g/mol. The molecule has 0 amide bonds. The van der Waals surface area contributed by atoms with Gasteiger partial charge < -0.3 is 9.84 Å². The van der Waals surface area contributed by atoms with Gasteiger partial charge in [-0.25, -0.2) is 0 Å². The fourth-order valence-corrected chi connectivity index (χ4v) is 3.17. The molecule has 2 atom stereocenters. The molecule has 5 heteroatoms. The van der Waals surface area contributed by atoms with Crippen LogP contribution in [-0.2, 0) is 15.6 Å². The van der Waals surface area contributed by atoms with Crippen LogP contribution in [0.15, 0.2) is 24.3 Å². The molecule has 0 bridgehead atoms. The van der Waals surface area contributed by atoms with E-state index in [1.807, 2.05) is 24.3 Å². The van der Waals surface area contributed by atoms with Gasteiger partial charge in [0.05, 0.1) is 13.0 Å². The summed E-state index contributed by atoms with van der Waals surface area (Å²) < 4.78 is 17.2. The van der Waals surface area contributed by atoms with Crippen LogP contribution in [0, 0.1) is 0 Å². The number of benzene rings is 1. The van der Waals surface area contributed by atoms with Gasteiger partial charge in [-0.05, 0) is 6.07 Å². The van der Waals surface area contributed by atoms with Crippen LogP contribution >= 0.6 is 0 Å². The molecular weight excluding hydrogens is 240 g/mol. The number of hydrogen-bond donors (Lipinski definition) is 1. The summed E-state index contributed by atoms with van der Waals surface area (Å²) in [6.45, 7) is 0.540. The number of aliphatic carboxylic acids is 1. The first kappa shape index (κ1) is 12.1. The van der Waals surface area contributed by atoms with Crippen LogP contribution in [0.4, 0.5) is 0 Å². The molecular formula is C12H14O4S. The van der Waals surface area contributed by atoms with Gasteiger partial charge in [-0.3, -0.25) is 9.00 Å². The Balaban J connectivity index is 1.93. The molecule has 0 spiro atoms. The highest BCUT2D eigenvalue weighted by molar-refractivity contribution is 7.85. The Labute approximate surface area is 102 Å². The molecule has 1 heterocycles. The Hall–Kier alpha value is -1.36. The molecule has 1 aliphatic rings. The number of para-hydroxylation sites is 1. The van der Waals surface area contributed by atoms with Gasteiger partial charge in [-0.15, -0.1) is 0 Å². The summed E-state index contributed by atoms with van der Waals surface area (Å²) in [6, 6.07) is 7.71. The highest BCUT2D eigenvalue weighted by Crippen LogP contribution is 2.33. The number of rotatable bonds is 5. The molecule has 0 saturated heterocycles. The van der Waals surface area contributed by atoms with E-state index < -0.39 is 16.8 Å². The van der Waals surface area contributed by atoms with E-state index in [0.717, 1.165) is 11.3 Å². The third kappa shape index (κ3) is 3.06. The first-order chi connectivity index (χ1) is 8.16. The topological polar surface area (TPSA) is 63.6 Å². The van der Waals surface area contributed by atoms with E-state index in [1.165, 1.54) is 0 Å². The zero-order valence-corrected chi connectivity index (χ0v) is 10.1. The summed E-state index contributed by atoms with van der Waals surface area (Å²) in [4.78, 5) is 10.4. The van der Waals surface area contributed by atoms with Crippen molar-refractivity contribution in [1.82, 2.24) is 0 Å². The molecule has 2 rings (SSSR count). The molecule has 17 heavy (non-hydrogen) atoms. The summed E-state index contributed by atoms with van der Waals surface area (Å²) in [5.74, 6) is 0.771. The van der Waals surface area contributed by atoms with Crippen molar-refractivity contribution < 1.29 is 18.8 Å². The lowest BCUT2D eigenvalue weighted by molar-refractivity contribution is -0.136. The van der Waals surface area contributed by atoms with E-state index in [2.05, 4.69) is 0 Å². The number of hydrogen-bond acceptors (Lipinski definition) is 3. The Morgan fingerprint density at radius 2 is 2.24 bits per heavy atom. The fraction of sp³-hybridized carbons (Fsp3) is 0.417. The van der Waals surface area contributed by atoms with Crippen molar-refractivity contribution in [3.05, 3.63) is 29.8 Å². The van der Waals surface area contributed by atoms with Crippen molar-refractivity contribution in [2.24, 2.45) is 0 Å². The van der Waals surface area contributed by atoms with Crippen LogP contribution < -0.4 is 4.74 Å². The first-order valence-electron chi connectivity index (χ1n) is 5.45. The second kappa shape index (κ2) is 5.31. The molecule has 1 aromatic rings. The first-order valence-corrected chi connectivity index (χ1v) is 6.94. The van der Waals surface area contributed by atoms with Crippen molar-refractivity contribution in [2.75, 3.05) is 18.1 Å². The molecule has 0 saturated carbocycles. The van der Waals surface area contributed by atoms with E-state index >= 15 is 0 Å². The Bertz CT molecular complexity index is 444. The lowest BCUT2D eigenvalue weighted by atomic mass is 10.0. The number of ether oxygens (including phenoxy) is 1. The summed E-state index contributed by atoms with van der Waals surface area (Å²) in [5.41, 5.74) is 1.08. The van der Waals surface area contributed by atoms with E-state index in [4.69, 9.17) is 9.84 Å². The summed E-state index contributed by atoms with van der Waals surface area (Å²) in [5, 5.41) is 8.52. The average Bonchev–Trinajstić information content (AvgIpc) is 2.70. The van der Waals surface area contributed by atoms with Crippen molar-refractivity contribution >= 4 is 16.8 Å². The van der Waals surface area contributed by atoms with Crippen molar-refractivity contribution in [3.63, 3.8) is 0 Å². The smallest absolute Gasteiger partial charge is 0.304 e. The standard InChI is InChI=1S/C12H14O4S/c13-12(14)5-6-17(15)8-9-7-16-11-4-2-1-3-10(9)11/h1-4,9H,5-8H2,(H,13,14). The van der Waals surface area contributed by atoms with E-state index in [9.17, 15) is 9.00 Å². The highest BCUT2D eigenvalue weighted by atomic mass is 32.2. The zero-order valence-electron chi connectivity index (χ0n) is 9.30. The van der Waals surface area contributed by atoms with Crippen molar-refractivity contribution in [1.29, 1.82) is 0 Å². The largest absolute Gasteiger partial charge is 0.493 e. The second-order valence-electron chi connectivity index (χ2n) is 4.00. The van der Waals surface area contributed by atoms with E-state index in [-0.39, 0.29) is 18.1 Å². The molecule has 1 aromatic carbocycles. The molecule has 92 valence electrons. The number of carbonyl (C=O) groups is 1. The van der Waals surface area contributed by atoms with E-state index in [1.54, 1.807) is 0 Å². The van der Waals surface area contributed by atoms with Crippen LogP contribution in [-0.4, -0.2) is 33.4 Å². The minimum Gasteiger partial charge on any atom is -0.493 e. The maximum Gasteiger partial charge on any atom is 0.304 e. The van der Waals surface area contributed by atoms with Crippen LogP contribution in [0.3, 0.4) is 0 Å². The zero-order chi connectivity index (χ0) is 12.3. The number of carboxylic acids is 1. The van der Waals surface area contributed by atoms with Gasteiger partial charge >= 0.3 is 5.97 Å². The molecule has 4 nitrogen and oxygen atoms in total. The maximum absolute atomic E-state index is 11.7. The number of carboxylic acid groups (broad SMARTS) is 1. The predicted octanol–water partition coefficient (Wildman–Crippen LogP) is 1.39. The summed E-state index contributed by atoms with van der Waals surface area (Å²) >= 11 is 0. The second-order valence-corrected chi connectivity index (χ2v) is 5.62. The molecule has 0 radical (unpaired) electrons. The van der Waals surface area contributed by atoms with Gasteiger partial charge in [0, 0.05) is 33.8 Å². The van der Waals surface area contributed by atoms with Crippen LogP contribution in [0.5, 0.6) is 5.75 Å². The number of fused-ring (bicyclic) bond motifs is 1. The third-order valence-corrected chi connectivity index (χ3v) is 4.16. The third-order valence-electron chi connectivity index (χ3n) is 2.73. The van der Waals surface area contributed by atoms with Gasteiger partial charge in [0.2, 0.25) is 0 Å². The van der Waals surface area contributed by atoms with Gasteiger partial charge in [-0.2, -0.15) is 0 Å². The fourth-order valence-electron chi connectivity index (χ4n) is 1.88. The molecule has 1 N–H and O–H groups in total. The van der Waals surface area contributed by atoms with Crippen LogP contribution in [0.2, 0.25) is 0 Å². The van der Waals surface area contributed by atoms with Crippen LogP contribution in [0.25, 0.3) is 0 Å². The predicted molar refractivity (Wildman–Crippen MR) is 64.8 cm³/mol. The Kier molecular flexibility index (Phi) is 3.78. The van der Waals surface area contributed by atoms with Gasteiger partial charge in [0.15, 0.2) is 0 Å². The summed E-state index contributed by atoms with van der Waals surface area (Å²) in [7, 11) is -1.10. The normalized spacial score (nSPS) is 19.4. The Morgan fingerprint density at radius 1 is 1.47 bits per heavy atom. The molecule has 2 unspecified atom stereocenters. The lowest BCUT2D eigenvalue weighted by Crippen LogP contribution is -2.15. The molecule has 0 fully saturated rings. The molecule has 1 aliphatic heterocycles. The summed E-state index contributed by atoms with van der Waals surface area (Å²) in [6.07, 6.45) is -0.0398. The average molecular weight is 254 g/mol. The minimum absolute atomic E-state index is 0.0398. The van der Waals surface area contributed by atoms with Crippen molar-refractivity contribution in [3.8, 4) is 5.75 Å². The molecule has 0 aliphatic carbocycles. The van der Waals surface area contributed by atoms with Crippen LogP contribution in [0.1, 0.15) is 17.9 Å². The highest BCUT2D eigenvalue weighted by Gasteiger charge is 2.25. The minimum atomic E-state index is -1.10. The van der Waals surface area contributed by atoms with Gasteiger partial charge in [-0.1, -0.05) is 18.2 Å².